The first kappa shape index (κ1) is 21.4. The van der Waals surface area contributed by atoms with Crippen LogP contribution in [0.2, 0.25) is 0 Å². The zero-order valence-corrected chi connectivity index (χ0v) is 18.2. The number of likely N-dealkylation sites (N-methyl/N-ethyl adjacent to an activating group) is 1. The van der Waals surface area contributed by atoms with Crippen molar-refractivity contribution >= 4 is 28.2 Å². The predicted molar refractivity (Wildman–Crippen MR) is 118 cm³/mol. The van der Waals surface area contributed by atoms with Gasteiger partial charge in [-0.15, -0.1) is 0 Å². The molecule has 0 fully saturated rings. The largest absolute Gasteiger partial charge is 0.362 e. The maximum atomic E-state index is 12.7. The van der Waals surface area contributed by atoms with Gasteiger partial charge in [0.15, 0.2) is 5.11 Å². The van der Waals surface area contributed by atoms with E-state index in [1.807, 2.05) is 19.1 Å². The third-order valence-electron chi connectivity index (χ3n) is 4.58. The zero-order valence-electron chi connectivity index (χ0n) is 17.4. The van der Waals surface area contributed by atoms with Crippen LogP contribution in [0.25, 0.3) is 10.9 Å². The van der Waals surface area contributed by atoms with Gasteiger partial charge in [-0.2, -0.15) is 0 Å². The molecule has 3 N–H and O–H groups in total. The van der Waals surface area contributed by atoms with Crippen molar-refractivity contribution < 1.29 is 4.90 Å². The lowest BCUT2D eigenvalue weighted by molar-refractivity contribution is -0.857. The Morgan fingerprint density at radius 3 is 2.59 bits per heavy atom. The molecule has 148 valence electrons. The number of pyridine rings is 1. The zero-order chi connectivity index (χ0) is 20.1. The van der Waals surface area contributed by atoms with Crippen LogP contribution in [0.15, 0.2) is 23.0 Å². The highest BCUT2D eigenvalue weighted by atomic mass is 32.1. The van der Waals surface area contributed by atoms with Crippen LogP contribution in [-0.2, 0) is 6.54 Å². The number of hydrogen-bond donors (Lipinski definition) is 3. The van der Waals surface area contributed by atoms with Crippen LogP contribution in [0.4, 0.5) is 0 Å². The molecule has 1 aromatic heterocycles. The molecule has 0 unspecified atom stereocenters. The third kappa shape index (κ3) is 6.04. The molecule has 1 heterocycles. The lowest BCUT2D eigenvalue weighted by Crippen LogP contribution is -3.06. The van der Waals surface area contributed by atoms with E-state index in [2.05, 4.69) is 56.1 Å². The van der Waals surface area contributed by atoms with Crippen LogP contribution in [0.5, 0.6) is 0 Å². The van der Waals surface area contributed by atoms with Crippen LogP contribution in [0.1, 0.15) is 30.5 Å². The average Bonchev–Trinajstić information content (AvgIpc) is 2.56. The van der Waals surface area contributed by atoms with Gasteiger partial charge in [0, 0.05) is 23.0 Å². The van der Waals surface area contributed by atoms with Crippen molar-refractivity contribution in [2.24, 2.45) is 5.92 Å². The first-order chi connectivity index (χ1) is 12.7. The fraction of sp³-hybridized carbons (Fsp3) is 0.524. The van der Waals surface area contributed by atoms with Crippen molar-refractivity contribution in [3.63, 3.8) is 0 Å². The smallest absolute Gasteiger partial charge is 0.253 e. The lowest BCUT2D eigenvalue weighted by Gasteiger charge is -2.26. The van der Waals surface area contributed by atoms with E-state index in [1.54, 1.807) is 0 Å². The number of hydrogen-bond acceptors (Lipinski definition) is 2. The quantitative estimate of drug-likeness (QED) is 0.630. The van der Waals surface area contributed by atoms with Crippen LogP contribution < -0.4 is 15.8 Å². The number of fused-ring (bicyclic) bond motifs is 1. The summed E-state index contributed by atoms with van der Waals surface area (Å²) >= 11 is 5.62. The molecule has 0 aliphatic rings. The predicted octanol–water partition coefficient (Wildman–Crippen LogP) is 1.62. The third-order valence-corrected chi connectivity index (χ3v) is 4.98. The molecular formula is C21H33N4OS+. The highest BCUT2D eigenvalue weighted by Crippen LogP contribution is 2.19. The minimum absolute atomic E-state index is 0.0404. The number of aromatic nitrogens is 1. The Morgan fingerprint density at radius 1 is 1.26 bits per heavy atom. The van der Waals surface area contributed by atoms with E-state index in [0.29, 0.717) is 17.6 Å². The van der Waals surface area contributed by atoms with Gasteiger partial charge in [-0.1, -0.05) is 19.9 Å². The number of nitrogens with zero attached hydrogens (tertiary/aromatic N) is 1. The normalized spacial score (nSPS) is 11.4. The standard InChI is InChI=1S/C21H32N4OS/c1-14(2)12-22-21(27)25(8-7-24(5)6)13-17-11-18-16(4)9-15(3)10-19(18)23-20(17)26/h9-11,14H,7-8,12-13H2,1-6H3,(H,22,27)(H,23,26)/p+1. The van der Waals surface area contributed by atoms with E-state index in [0.717, 1.165) is 41.7 Å². The SMILES string of the molecule is Cc1cc(C)c2cc(CN(CC[NH+](C)C)C(=S)NCC(C)C)c(=O)[nH]c2c1. The maximum absolute atomic E-state index is 12.7. The molecule has 0 bridgehead atoms. The summed E-state index contributed by atoms with van der Waals surface area (Å²) in [5.41, 5.74) is 3.93. The summed E-state index contributed by atoms with van der Waals surface area (Å²) in [6, 6.07) is 6.19. The van der Waals surface area contributed by atoms with Crippen molar-refractivity contribution in [1.29, 1.82) is 0 Å². The number of rotatable bonds is 7. The molecule has 0 saturated heterocycles. The van der Waals surface area contributed by atoms with E-state index in [4.69, 9.17) is 12.2 Å². The molecule has 6 heteroatoms. The van der Waals surface area contributed by atoms with E-state index in [1.165, 1.54) is 10.5 Å². The lowest BCUT2D eigenvalue weighted by atomic mass is 10.0. The molecule has 2 rings (SSSR count). The Labute approximate surface area is 167 Å². The van der Waals surface area contributed by atoms with Gasteiger partial charge in [0.25, 0.3) is 5.56 Å². The summed E-state index contributed by atoms with van der Waals surface area (Å²) in [6.07, 6.45) is 0. The van der Waals surface area contributed by atoms with Crippen molar-refractivity contribution in [2.75, 3.05) is 33.7 Å². The summed E-state index contributed by atoms with van der Waals surface area (Å²) in [4.78, 5) is 19.2. The number of nitrogens with one attached hydrogen (secondary N) is 3. The van der Waals surface area contributed by atoms with Crippen LogP contribution in [-0.4, -0.2) is 48.7 Å². The van der Waals surface area contributed by atoms with Crippen molar-refractivity contribution in [2.45, 2.75) is 34.2 Å². The summed E-state index contributed by atoms with van der Waals surface area (Å²) in [5, 5.41) is 5.14. The van der Waals surface area contributed by atoms with E-state index < -0.39 is 0 Å². The van der Waals surface area contributed by atoms with E-state index in [9.17, 15) is 4.79 Å². The Bertz CT molecular complexity index is 857. The number of benzene rings is 1. The second kappa shape index (κ2) is 9.33. The van der Waals surface area contributed by atoms with Crippen LogP contribution in [0, 0.1) is 19.8 Å². The van der Waals surface area contributed by atoms with Gasteiger partial charge < -0.3 is 20.1 Å². The number of quaternary nitrogens is 1. The summed E-state index contributed by atoms with van der Waals surface area (Å²) in [7, 11) is 4.24. The molecular weight excluding hydrogens is 356 g/mol. The molecule has 5 nitrogen and oxygen atoms in total. The Hall–Kier alpha value is -1.92. The monoisotopic (exact) mass is 389 g/mol. The van der Waals surface area contributed by atoms with Crippen molar-refractivity contribution in [3.8, 4) is 0 Å². The van der Waals surface area contributed by atoms with E-state index in [-0.39, 0.29) is 5.56 Å². The van der Waals surface area contributed by atoms with Crippen LogP contribution in [0.3, 0.4) is 0 Å². The number of aryl methyl sites for hydroxylation is 2. The Morgan fingerprint density at radius 2 is 1.96 bits per heavy atom. The molecule has 2 aromatic rings. The average molecular weight is 390 g/mol. The second-order valence-corrected chi connectivity index (χ2v) is 8.51. The van der Waals surface area contributed by atoms with Gasteiger partial charge in [0.2, 0.25) is 0 Å². The molecule has 0 aliphatic heterocycles. The number of thiocarbonyl (C=S) groups is 1. The fourth-order valence-corrected chi connectivity index (χ4v) is 3.29. The molecule has 0 atom stereocenters. The minimum Gasteiger partial charge on any atom is -0.362 e. The maximum Gasteiger partial charge on any atom is 0.253 e. The molecule has 27 heavy (non-hydrogen) atoms. The topological polar surface area (TPSA) is 52.6 Å². The van der Waals surface area contributed by atoms with Gasteiger partial charge in [-0.25, -0.2) is 0 Å². The van der Waals surface area contributed by atoms with E-state index >= 15 is 0 Å². The summed E-state index contributed by atoms with van der Waals surface area (Å²) < 4.78 is 0. The molecule has 0 saturated carbocycles. The summed E-state index contributed by atoms with van der Waals surface area (Å²) in [5.74, 6) is 0.513. The second-order valence-electron chi connectivity index (χ2n) is 8.13. The Kier molecular flexibility index (Phi) is 7.39. The van der Waals surface area contributed by atoms with Crippen molar-refractivity contribution in [3.05, 3.63) is 45.2 Å². The first-order valence-corrected chi connectivity index (χ1v) is 10.0. The molecule has 0 aliphatic carbocycles. The molecule has 1 aromatic carbocycles. The minimum atomic E-state index is -0.0404. The fourth-order valence-electron chi connectivity index (χ4n) is 3.05. The highest BCUT2D eigenvalue weighted by molar-refractivity contribution is 7.80. The molecule has 0 spiro atoms. The summed E-state index contributed by atoms with van der Waals surface area (Å²) in [6.45, 7) is 11.5. The van der Waals surface area contributed by atoms with Gasteiger partial charge >= 0.3 is 0 Å². The van der Waals surface area contributed by atoms with Gasteiger partial charge in [0.05, 0.1) is 33.7 Å². The highest BCUT2D eigenvalue weighted by Gasteiger charge is 2.15. The molecule has 0 amide bonds. The van der Waals surface area contributed by atoms with Crippen LogP contribution >= 0.6 is 12.2 Å². The van der Waals surface area contributed by atoms with Gasteiger partial charge in [-0.05, 0) is 55.2 Å². The Balaban J connectivity index is 2.30. The number of H-pyrrole nitrogens is 1. The molecule has 0 radical (unpaired) electrons. The van der Waals surface area contributed by atoms with Gasteiger partial charge in [-0.3, -0.25) is 4.79 Å². The van der Waals surface area contributed by atoms with Gasteiger partial charge in [0.1, 0.15) is 0 Å². The number of aromatic amines is 1. The van der Waals surface area contributed by atoms with Crippen molar-refractivity contribution in [1.82, 2.24) is 15.2 Å². The first-order valence-electron chi connectivity index (χ1n) is 9.62.